The summed E-state index contributed by atoms with van der Waals surface area (Å²) >= 11 is 5.74. The molecule has 0 spiro atoms. The van der Waals surface area contributed by atoms with Crippen molar-refractivity contribution in [3.63, 3.8) is 0 Å². The molecule has 2 atom stereocenters. The molecule has 0 heterocycles. The molecule has 22 heavy (non-hydrogen) atoms. The molecule has 1 aromatic carbocycles. The first kappa shape index (κ1) is 18.9. The van der Waals surface area contributed by atoms with Crippen LogP contribution in [0.5, 0.6) is 5.75 Å². The van der Waals surface area contributed by atoms with Crippen LogP contribution in [-0.2, 0) is 18.6 Å². The molecule has 0 radical (unpaired) electrons. The van der Waals surface area contributed by atoms with E-state index >= 15 is 0 Å². The Hall–Kier alpha value is -1.14. The smallest absolute Gasteiger partial charge is 0.368 e. The highest BCUT2D eigenvalue weighted by Gasteiger charge is 2.37. The van der Waals surface area contributed by atoms with Gasteiger partial charge >= 0.3 is 13.6 Å². The number of benzene rings is 1. The van der Waals surface area contributed by atoms with Crippen LogP contribution in [0, 0.1) is 11.7 Å². The molecule has 2 unspecified atom stereocenters. The second-order valence-corrected chi connectivity index (χ2v) is 7.14. The van der Waals surface area contributed by atoms with Crippen LogP contribution in [0.4, 0.5) is 4.39 Å². The lowest BCUT2D eigenvalue weighted by molar-refractivity contribution is -0.150. The maximum absolute atomic E-state index is 12.9. The van der Waals surface area contributed by atoms with E-state index in [4.69, 9.17) is 21.1 Å². The monoisotopic (exact) mass is 354 g/mol. The number of carbonyl (C=O) groups is 1. The molecule has 0 aliphatic carbocycles. The average Bonchev–Trinajstić information content (AvgIpc) is 2.43. The van der Waals surface area contributed by atoms with Crippen LogP contribution < -0.4 is 4.74 Å². The van der Waals surface area contributed by atoms with Gasteiger partial charge in [0.2, 0.25) is 5.85 Å². The second kappa shape index (κ2) is 7.92. The van der Waals surface area contributed by atoms with E-state index in [0.717, 1.165) is 19.2 Å². The molecule has 0 bridgehead atoms. The second-order valence-electron chi connectivity index (χ2n) is 4.73. The molecule has 1 N–H and O–H groups in total. The van der Waals surface area contributed by atoms with Crippen LogP contribution in [0.1, 0.15) is 13.8 Å². The van der Waals surface area contributed by atoms with Crippen molar-refractivity contribution in [3.05, 3.63) is 29.0 Å². The third-order valence-electron chi connectivity index (χ3n) is 2.65. The lowest BCUT2D eigenvalue weighted by Crippen LogP contribution is -2.27. The molecule has 1 rings (SSSR count). The van der Waals surface area contributed by atoms with Crippen molar-refractivity contribution >= 4 is 25.2 Å². The normalized spacial score (nSPS) is 15.2. The number of esters is 1. The Morgan fingerprint density at radius 1 is 1.45 bits per heavy atom. The van der Waals surface area contributed by atoms with Gasteiger partial charge in [-0.3, -0.25) is 4.57 Å². The van der Waals surface area contributed by atoms with Gasteiger partial charge in [-0.2, -0.15) is 0 Å². The van der Waals surface area contributed by atoms with E-state index < -0.39 is 37.8 Å². The molecule has 124 valence electrons. The number of ether oxygens (including phenoxy) is 2. The minimum atomic E-state index is -4.08. The first-order valence-electron chi connectivity index (χ1n) is 6.33. The molecule has 0 saturated carbocycles. The molecule has 9 heteroatoms. The Bertz CT molecular complexity index is 580. The summed E-state index contributed by atoms with van der Waals surface area (Å²) in [7, 11) is -3.03. The first-order chi connectivity index (χ1) is 10.2. The standard InChI is InChI=1S/C13H17ClFO6P/c1-8(2)13(22(17,18)19-3)21-12(16)7-20-11-5-4-9(15)6-10(11)14/h4-6,8,13H,7H2,1-3H3,(H,17,18). The largest absolute Gasteiger partial charge is 0.480 e. The predicted molar refractivity (Wildman–Crippen MR) is 78.5 cm³/mol. The van der Waals surface area contributed by atoms with E-state index in [2.05, 4.69) is 4.52 Å². The summed E-state index contributed by atoms with van der Waals surface area (Å²) in [6.07, 6.45) is 0. The zero-order valence-electron chi connectivity index (χ0n) is 12.3. The quantitative estimate of drug-likeness (QED) is 0.598. The number of hydrogen-bond donors (Lipinski definition) is 1. The van der Waals surface area contributed by atoms with Crippen molar-refractivity contribution in [2.75, 3.05) is 13.7 Å². The summed E-state index contributed by atoms with van der Waals surface area (Å²) in [5.41, 5.74) is 0. The Kier molecular flexibility index (Phi) is 6.81. The Labute approximate surface area is 132 Å². The van der Waals surface area contributed by atoms with Crippen LogP contribution in [0.2, 0.25) is 5.02 Å². The molecule has 0 saturated heterocycles. The van der Waals surface area contributed by atoms with Gasteiger partial charge < -0.3 is 18.9 Å². The summed E-state index contributed by atoms with van der Waals surface area (Å²) in [5, 5.41) is -0.00192. The van der Waals surface area contributed by atoms with Gasteiger partial charge in [0.25, 0.3) is 0 Å². The van der Waals surface area contributed by atoms with Gasteiger partial charge in [-0.15, -0.1) is 0 Å². The van der Waals surface area contributed by atoms with Crippen molar-refractivity contribution in [2.24, 2.45) is 5.92 Å². The van der Waals surface area contributed by atoms with Crippen molar-refractivity contribution in [3.8, 4) is 5.75 Å². The van der Waals surface area contributed by atoms with Crippen molar-refractivity contribution in [1.82, 2.24) is 0 Å². The SMILES string of the molecule is COP(=O)(O)C(OC(=O)COc1ccc(F)cc1Cl)C(C)C. The number of hydrogen-bond acceptors (Lipinski definition) is 5. The fourth-order valence-electron chi connectivity index (χ4n) is 1.58. The molecule has 0 amide bonds. The highest BCUT2D eigenvalue weighted by atomic mass is 35.5. The van der Waals surface area contributed by atoms with Crippen molar-refractivity contribution in [1.29, 1.82) is 0 Å². The van der Waals surface area contributed by atoms with E-state index in [1.807, 2.05) is 0 Å². The van der Waals surface area contributed by atoms with Crippen LogP contribution in [0.25, 0.3) is 0 Å². The molecular formula is C13H17ClFO6P. The van der Waals surface area contributed by atoms with E-state index in [1.54, 1.807) is 13.8 Å². The molecular weight excluding hydrogens is 338 g/mol. The maximum Gasteiger partial charge on any atom is 0.368 e. The molecule has 1 aromatic rings. The van der Waals surface area contributed by atoms with Gasteiger partial charge in [-0.05, 0) is 18.2 Å². The van der Waals surface area contributed by atoms with E-state index in [0.29, 0.717) is 0 Å². The van der Waals surface area contributed by atoms with Gasteiger partial charge in [0.05, 0.1) is 5.02 Å². The lowest BCUT2D eigenvalue weighted by Gasteiger charge is -2.24. The molecule has 0 aliphatic rings. The molecule has 0 aromatic heterocycles. The zero-order chi connectivity index (χ0) is 16.9. The molecule has 0 aliphatic heterocycles. The van der Waals surface area contributed by atoms with Gasteiger partial charge in [-0.25, -0.2) is 9.18 Å². The molecule has 0 fully saturated rings. The van der Waals surface area contributed by atoms with Crippen molar-refractivity contribution in [2.45, 2.75) is 19.7 Å². The fraction of sp³-hybridized carbons (Fsp3) is 0.462. The van der Waals surface area contributed by atoms with E-state index in [9.17, 15) is 18.6 Å². The average molecular weight is 355 g/mol. The topological polar surface area (TPSA) is 82.1 Å². The summed E-state index contributed by atoms with van der Waals surface area (Å²) < 4.78 is 39.2. The zero-order valence-corrected chi connectivity index (χ0v) is 13.9. The van der Waals surface area contributed by atoms with Gasteiger partial charge in [0, 0.05) is 13.0 Å². The number of rotatable bonds is 7. The predicted octanol–water partition coefficient (Wildman–Crippen LogP) is 3.22. The lowest BCUT2D eigenvalue weighted by atomic mass is 10.2. The maximum atomic E-state index is 12.9. The summed E-state index contributed by atoms with van der Waals surface area (Å²) in [4.78, 5) is 21.3. The van der Waals surface area contributed by atoms with Crippen LogP contribution in [-0.4, -0.2) is 30.4 Å². The Morgan fingerprint density at radius 2 is 2.09 bits per heavy atom. The van der Waals surface area contributed by atoms with E-state index in [-0.39, 0.29) is 10.8 Å². The van der Waals surface area contributed by atoms with Crippen LogP contribution in [0.15, 0.2) is 18.2 Å². The van der Waals surface area contributed by atoms with Crippen LogP contribution in [0.3, 0.4) is 0 Å². The molecule has 6 nitrogen and oxygen atoms in total. The number of halogens is 2. The number of carbonyl (C=O) groups excluding carboxylic acids is 1. The van der Waals surface area contributed by atoms with Gasteiger partial charge in [0.15, 0.2) is 6.61 Å². The highest BCUT2D eigenvalue weighted by molar-refractivity contribution is 7.53. The minimum Gasteiger partial charge on any atom is -0.480 e. The summed E-state index contributed by atoms with van der Waals surface area (Å²) in [6.45, 7) is 2.67. The summed E-state index contributed by atoms with van der Waals surface area (Å²) in [5.74, 6) is -3.06. The van der Waals surface area contributed by atoms with Crippen LogP contribution >= 0.6 is 19.2 Å². The van der Waals surface area contributed by atoms with Gasteiger partial charge in [-0.1, -0.05) is 25.4 Å². The third-order valence-corrected chi connectivity index (χ3v) is 4.81. The first-order valence-corrected chi connectivity index (χ1v) is 8.35. The third kappa shape index (κ3) is 5.25. The van der Waals surface area contributed by atoms with Gasteiger partial charge in [0.1, 0.15) is 11.6 Å². The highest BCUT2D eigenvalue weighted by Crippen LogP contribution is 2.50. The van der Waals surface area contributed by atoms with Crippen molar-refractivity contribution < 1.29 is 32.6 Å². The fourth-order valence-corrected chi connectivity index (χ4v) is 3.01. The Balaban J connectivity index is 2.67. The Morgan fingerprint density at radius 3 is 2.59 bits per heavy atom. The minimum absolute atomic E-state index is 0.00192. The van der Waals surface area contributed by atoms with E-state index in [1.165, 1.54) is 6.07 Å². The summed E-state index contributed by atoms with van der Waals surface area (Å²) in [6, 6.07) is 3.42.